The number of nitrogens with one attached hydrogen (secondary N) is 1. The largest absolute Gasteiger partial charge is 0.497 e. The van der Waals surface area contributed by atoms with Gasteiger partial charge in [0.1, 0.15) is 12.4 Å². The predicted octanol–water partition coefficient (Wildman–Crippen LogP) is 2.90. The van der Waals surface area contributed by atoms with Gasteiger partial charge in [0.15, 0.2) is 5.75 Å². The molecule has 0 aliphatic carbocycles. The third-order valence-corrected chi connectivity index (χ3v) is 4.30. The summed E-state index contributed by atoms with van der Waals surface area (Å²) in [5.41, 5.74) is 1.93. The molecule has 0 spiro atoms. The Labute approximate surface area is 163 Å². The van der Waals surface area contributed by atoms with Gasteiger partial charge in [0.2, 0.25) is 5.43 Å². The van der Waals surface area contributed by atoms with Crippen molar-refractivity contribution in [3.63, 3.8) is 0 Å². The summed E-state index contributed by atoms with van der Waals surface area (Å²) < 4.78 is 12.5. The molecule has 144 valence electrons. The minimum Gasteiger partial charge on any atom is -0.497 e. The second-order valence-corrected chi connectivity index (χ2v) is 6.29. The molecule has 0 aliphatic heterocycles. The fourth-order valence-corrected chi connectivity index (χ4v) is 2.70. The van der Waals surface area contributed by atoms with Crippen molar-refractivity contribution in [3.8, 4) is 11.5 Å². The van der Waals surface area contributed by atoms with Gasteiger partial charge in [0.25, 0.3) is 5.91 Å². The van der Waals surface area contributed by atoms with Crippen molar-refractivity contribution in [2.24, 2.45) is 7.05 Å². The number of amides is 1. The molecule has 0 saturated carbocycles. The number of aryl methyl sites for hydroxylation is 1. The Morgan fingerprint density at radius 3 is 2.61 bits per heavy atom. The highest BCUT2D eigenvalue weighted by molar-refractivity contribution is 5.94. The van der Waals surface area contributed by atoms with Gasteiger partial charge < -0.3 is 19.4 Å². The van der Waals surface area contributed by atoms with Crippen LogP contribution in [-0.4, -0.2) is 17.6 Å². The van der Waals surface area contributed by atoms with Gasteiger partial charge in [-0.25, -0.2) is 0 Å². The lowest BCUT2D eigenvalue weighted by molar-refractivity contribution is 0.0949. The molecule has 0 aliphatic rings. The van der Waals surface area contributed by atoms with Crippen molar-refractivity contribution in [3.05, 3.63) is 93.9 Å². The fraction of sp³-hybridized carbons (Fsp3) is 0.182. The minimum atomic E-state index is -0.240. The molecule has 1 heterocycles. The fourth-order valence-electron chi connectivity index (χ4n) is 2.70. The van der Waals surface area contributed by atoms with E-state index in [9.17, 15) is 9.59 Å². The number of benzene rings is 2. The monoisotopic (exact) mass is 378 g/mol. The summed E-state index contributed by atoms with van der Waals surface area (Å²) in [6.45, 7) is 0.544. The molecule has 0 unspecified atom stereocenters. The van der Waals surface area contributed by atoms with Gasteiger partial charge in [-0.3, -0.25) is 9.59 Å². The van der Waals surface area contributed by atoms with Gasteiger partial charge in [-0.2, -0.15) is 0 Å². The van der Waals surface area contributed by atoms with E-state index in [1.807, 2.05) is 37.4 Å². The van der Waals surface area contributed by atoms with Crippen LogP contribution in [0.5, 0.6) is 11.5 Å². The third kappa shape index (κ3) is 4.79. The Balaban J connectivity index is 1.65. The van der Waals surface area contributed by atoms with Crippen LogP contribution in [0.2, 0.25) is 0 Å². The maximum atomic E-state index is 12.3. The zero-order valence-electron chi connectivity index (χ0n) is 15.8. The van der Waals surface area contributed by atoms with E-state index >= 15 is 0 Å². The molecular formula is C22H22N2O4. The van der Waals surface area contributed by atoms with Crippen LogP contribution in [0.15, 0.2) is 71.7 Å². The van der Waals surface area contributed by atoms with E-state index in [4.69, 9.17) is 9.47 Å². The maximum Gasteiger partial charge on any atom is 0.251 e. The van der Waals surface area contributed by atoms with Gasteiger partial charge in [-0.05, 0) is 23.8 Å². The van der Waals surface area contributed by atoms with Crippen molar-refractivity contribution in [1.29, 1.82) is 0 Å². The SMILES string of the molecule is COc1cccc(C(=O)NCc2cc(=O)c(OCc3ccccc3)cn2C)c1. The Morgan fingerprint density at radius 1 is 1.07 bits per heavy atom. The number of hydrogen-bond donors (Lipinski definition) is 1. The second-order valence-electron chi connectivity index (χ2n) is 6.29. The lowest BCUT2D eigenvalue weighted by Crippen LogP contribution is -2.25. The topological polar surface area (TPSA) is 69.6 Å². The summed E-state index contributed by atoms with van der Waals surface area (Å²) in [5, 5.41) is 2.82. The number of carbonyl (C=O) groups is 1. The Bertz CT molecular complexity index is 1010. The molecule has 0 saturated heterocycles. The number of hydrogen-bond acceptors (Lipinski definition) is 4. The van der Waals surface area contributed by atoms with E-state index in [-0.39, 0.29) is 23.6 Å². The number of rotatable bonds is 7. The molecule has 28 heavy (non-hydrogen) atoms. The van der Waals surface area contributed by atoms with E-state index in [1.54, 1.807) is 42.1 Å². The number of nitrogens with zero attached hydrogens (tertiary/aromatic N) is 1. The standard InChI is InChI=1S/C22H22N2O4/c1-24-14-21(28-15-16-7-4-3-5-8-16)20(25)12-18(24)13-23-22(26)17-9-6-10-19(11-17)27-2/h3-12,14H,13,15H2,1-2H3,(H,23,26). The van der Waals surface area contributed by atoms with Crippen molar-refractivity contribution in [2.75, 3.05) is 7.11 Å². The zero-order chi connectivity index (χ0) is 19.9. The summed E-state index contributed by atoms with van der Waals surface area (Å²) >= 11 is 0. The van der Waals surface area contributed by atoms with E-state index < -0.39 is 0 Å². The summed E-state index contributed by atoms with van der Waals surface area (Å²) in [6, 6.07) is 18.0. The molecule has 3 aromatic rings. The van der Waals surface area contributed by atoms with Gasteiger partial charge in [-0.15, -0.1) is 0 Å². The molecule has 0 radical (unpaired) electrons. The molecule has 6 nitrogen and oxygen atoms in total. The van der Waals surface area contributed by atoms with Crippen molar-refractivity contribution in [2.45, 2.75) is 13.2 Å². The van der Waals surface area contributed by atoms with Gasteiger partial charge in [0.05, 0.1) is 19.9 Å². The molecule has 0 atom stereocenters. The van der Waals surface area contributed by atoms with Crippen LogP contribution in [-0.2, 0) is 20.2 Å². The van der Waals surface area contributed by atoms with Gasteiger partial charge >= 0.3 is 0 Å². The Hall–Kier alpha value is -3.54. The first kappa shape index (κ1) is 19.2. The average molecular weight is 378 g/mol. The third-order valence-electron chi connectivity index (χ3n) is 4.30. The number of aromatic nitrogens is 1. The van der Waals surface area contributed by atoms with Gasteiger partial charge in [-0.1, -0.05) is 36.4 Å². The molecule has 6 heteroatoms. The van der Waals surface area contributed by atoms with Crippen LogP contribution in [0.1, 0.15) is 21.6 Å². The van der Waals surface area contributed by atoms with Crippen LogP contribution < -0.4 is 20.2 Å². The molecule has 0 fully saturated rings. The molecule has 0 bridgehead atoms. The number of methoxy groups -OCH3 is 1. The Morgan fingerprint density at radius 2 is 1.86 bits per heavy atom. The highest BCUT2D eigenvalue weighted by Gasteiger charge is 2.10. The summed E-state index contributed by atoms with van der Waals surface area (Å²) in [4.78, 5) is 24.7. The van der Waals surface area contributed by atoms with Crippen LogP contribution >= 0.6 is 0 Å². The van der Waals surface area contributed by atoms with Gasteiger partial charge in [0, 0.05) is 24.4 Å². The first-order chi connectivity index (χ1) is 13.6. The van der Waals surface area contributed by atoms with Crippen LogP contribution in [0.4, 0.5) is 0 Å². The number of ether oxygens (including phenoxy) is 2. The molecule has 3 rings (SSSR count). The Kier molecular flexibility index (Phi) is 6.11. The average Bonchev–Trinajstić information content (AvgIpc) is 2.73. The van der Waals surface area contributed by atoms with E-state index in [0.717, 1.165) is 5.56 Å². The van der Waals surface area contributed by atoms with E-state index in [1.165, 1.54) is 6.07 Å². The highest BCUT2D eigenvalue weighted by Crippen LogP contribution is 2.13. The van der Waals surface area contributed by atoms with E-state index in [2.05, 4.69) is 5.32 Å². The molecule has 1 amide bonds. The zero-order valence-corrected chi connectivity index (χ0v) is 15.8. The quantitative estimate of drug-likeness (QED) is 0.686. The summed E-state index contributed by atoms with van der Waals surface area (Å²) in [6.07, 6.45) is 1.64. The summed E-state index contributed by atoms with van der Waals surface area (Å²) in [7, 11) is 3.36. The highest BCUT2D eigenvalue weighted by atomic mass is 16.5. The van der Waals surface area contributed by atoms with Crippen LogP contribution in [0, 0.1) is 0 Å². The lowest BCUT2D eigenvalue weighted by atomic mass is 10.2. The maximum absolute atomic E-state index is 12.3. The normalized spacial score (nSPS) is 10.4. The molecular weight excluding hydrogens is 356 g/mol. The van der Waals surface area contributed by atoms with Crippen molar-refractivity contribution >= 4 is 5.91 Å². The number of pyridine rings is 1. The van der Waals surface area contributed by atoms with Crippen molar-refractivity contribution < 1.29 is 14.3 Å². The lowest BCUT2D eigenvalue weighted by Gasteiger charge is -2.13. The minimum absolute atomic E-state index is 0.223. The number of carbonyl (C=O) groups excluding carboxylic acids is 1. The van der Waals surface area contributed by atoms with Crippen molar-refractivity contribution in [1.82, 2.24) is 9.88 Å². The summed E-state index contributed by atoms with van der Waals surface area (Å²) in [5.74, 6) is 0.643. The smallest absolute Gasteiger partial charge is 0.251 e. The predicted molar refractivity (Wildman–Crippen MR) is 107 cm³/mol. The van der Waals surface area contributed by atoms with Crippen LogP contribution in [0.3, 0.4) is 0 Å². The molecule has 2 aromatic carbocycles. The second kappa shape index (κ2) is 8.90. The van der Waals surface area contributed by atoms with Crippen LogP contribution in [0.25, 0.3) is 0 Å². The molecule has 1 N–H and O–H groups in total. The first-order valence-corrected chi connectivity index (χ1v) is 8.85. The van der Waals surface area contributed by atoms with E-state index in [0.29, 0.717) is 23.6 Å². The first-order valence-electron chi connectivity index (χ1n) is 8.85. The molecule has 1 aromatic heterocycles.